The molecule has 1 aromatic heterocycles. The van der Waals surface area contributed by atoms with Crippen LogP contribution >= 0.6 is 15.9 Å². The van der Waals surface area contributed by atoms with Gasteiger partial charge in [-0.25, -0.2) is 4.39 Å². The van der Waals surface area contributed by atoms with E-state index in [1.165, 1.54) is 16.9 Å². The molecule has 1 aromatic carbocycles. The molecule has 6 heteroatoms. The number of aromatic nitrogens is 2. The summed E-state index contributed by atoms with van der Waals surface area (Å²) in [6, 6.07) is 4.56. The molecular weight excluding hydrogens is 301 g/mol. The molecule has 2 rings (SSSR count). The summed E-state index contributed by atoms with van der Waals surface area (Å²) in [4.78, 5) is 12.0. The van der Waals surface area contributed by atoms with Crippen molar-refractivity contribution in [1.29, 1.82) is 0 Å². The van der Waals surface area contributed by atoms with Gasteiger partial charge in [-0.3, -0.25) is 9.48 Å². The average molecular weight is 312 g/mol. The predicted octanol–water partition coefficient (Wildman–Crippen LogP) is 2.88. The van der Waals surface area contributed by atoms with E-state index >= 15 is 0 Å². The average Bonchev–Trinajstić information content (AvgIpc) is 2.64. The van der Waals surface area contributed by atoms with Gasteiger partial charge in [0.2, 0.25) is 0 Å². The molecule has 2 aromatic rings. The third-order valence-corrected chi connectivity index (χ3v) is 3.12. The predicted molar refractivity (Wildman–Crippen MR) is 70.0 cm³/mol. The normalized spacial score (nSPS) is 10.4. The monoisotopic (exact) mass is 311 g/mol. The number of anilines is 1. The highest BCUT2D eigenvalue weighted by molar-refractivity contribution is 9.10. The van der Waals surface area contributed by atoms with Crippen LogP contribution in [0.15, 0.2) is 28.9 Å². The number of nitrogens with zero attached hydrogens (tertiary/aromatic N) is 2. The van der Waals surface area contributed by atoms with Gasteiger partial charge in [-0.2, -0.15) is 5.10 Å². The van der Waals surface area contributed by atoms with Crippen LogP contribution in [0.25, 0.3) is 0 Å². The van der Waals surface area contributed by atoms with Crippen LogP contribution in [-0.4, -0.2) is 15.7 Å². The van der Waals surface area contributed by atoms with Gasteiger partial charge >= 0.3 is 0 Å². The minimum Gasteiger partial charge on any atom is -0.321 e. The topological polar surface area (TPSA) is 46.9 Å². The maximum atomic E-state index is 13.4. The van der Waals surface area contributed by atoms with Gasteiger partial charge in [0.05, 0.1) is 10.7 Å². The number of halogens is 2. The van der Waals surface area contributed by atoms with E-state index in [1.54, 1.807) is 26.1 Å². The van der Waals surface area contributed by atoms with Gasteiger partial charge in [0.1, 0.15) is 11.5 Å². The molecule has 0 aliphatic carbocycles. The second-order valence-electron chi connectivity index (χ2n) is 3.88. The van der Waals surface area contributed by atoms with Crippen molar-refractivity contribution in [3.63, 3.8) is 0 Å². The number of aryl methyl sites for hydroxylation is 2. The van der Waals surface area contributed by atoms with Crippen LogP contribution in [0, 0.1) is 12.7 Å². The zero-order valence-corrected chi connectivity index (χ0v) is 11.5. The molecule has 0 saturated heterocycles. The van der Waals surface area contributed by atoms with Crippen molar-refractivity contribution in [1.82, 2.24) is 9.78 Å². The summed E-state index contributed by atoms with van der Waals surface area (Å²) in [6.45, 7) is 1.67. The van der Waals surface area contributed by atoms with Crippen LogP contribution in [0.5, 0.6) is 0 Å². The number of amides is 1. The number of hydrogen-bond acceptors (Lipinski definition) is 2. The van der Waals surface area contributed by atoms with Crippen molar-refractivity contribution in [2.24, 2.45) is 7.05 Å². The molecule has 0 aliphatic rings. The van der Waals surface area contributed by atoms with E-state index in [9.17, 15) is 9.18 Å². The van der Waals surface area contributed by atoms with Gasteiger partial charge in [0, 0.05) is 12.7 Å². The third-order valence-electron chi connectivity index (χ3n) is 2.54. The second-order valence-corrected chi connectivity index (χ2v) is 4.74. The molecule has 1 N–H and O–H groups in total. The van der Waals surface area contributed by atoms with E-state index in [1.807, 2.05) is 0 Å². The van der Waals surface area contributed by atoms with E-state index in [4.69, 9.17) is 0 Å². The highest BCUT2D eigenvalue weighted by Crippen LogP contribution is 2.18. The third kappa shape index (κ3) is 2.43. The van der Waals surface area contributed by atoms with Gasteiger partial charge in [-0.1, -0.05) is 6.07 Å². The van der Waals surface area contributed by atoms with Gasteiger partial charge < -0.3 is 5.32 Å². The van der Waals surface area contributed by atoms with Gasteiger partial charge in [-0.05, 0) is 40.5 Å². The Morgan fingerprint density at radius 2 is 2.22 bits per heavy atom. The zero-order valence-electron chi connectivity index (χ0n) is 9.87. The summed E-state index contributed by atoms with van der Waals surface area (Å²) < 4.78 is 15.4. The molecule has 0 unspecified atom stereocenters. The van der Waals surface area contributed by atoms with E-state index in [-0.39, 0.29) is 11.7 Å². The van der Waals surface area contributed by atoms with E-state index in [0.29, 0.717) is 21.4 Å². The molecule has 94 valence electrons. The first kappa shape index (κ1) is 12.8. The fourth-order valence-corrected chi connectivity index (χ4v) is 2.06. The number of hydrogen-bond donors (Lipinski definition) is 1. The molecule has 1 amide bonds. The molecule has 1 heterocycles. The first-order valence-corrected chi connectivity index (χ1v) is 6.03. The van der Waals surface area contributed by atoms with Crippen LogP contribution in [0.2, 0.25) is 0 Å². The molecule has 0 saturated carbocycles. The standard InChI is InChI=1S/C12H11BrFN3O/c1-7-3-4-8(5-10(7)14)16-12(18)11-9(13)6-15-17(11)2/h3-6H,1-2H3,(H,16,18). The van der Waals surface area contributed by atoms with Crippen LogP contribution < -0.4 is 5.32 Å². The van der Waals surface area contributed by atoms with Gasteiger partial charge in [0.15, 0.2) is 0 Å². The molecule has 0 fully saturated rings. The minimum absolute atomic E-state index is 0.342. The highest BCUT2D eigenvalue weighted by Gasteiger charge is 2.15. The van der Waals surface area contributed by atoms with Crippen molar-refractivity contribution in [3.05, 3.63) is 45.9 Å². The van der Waals surface area contributed by atoms with E-state index in [0.717, 1.165) is 0 Å². The number of carbonyl (C=O) groups is 1. The quantitative estimate of drug-likeness (QED) is 0.927. The summed E-state index contributed by atoms with van der Waals surface area (Å²) in [6.07, 6.45) is 1.53. The molecule has 0 atom stereocenters. The lowest BCUT2D eigenvalue weighted by Crippen LogP contribution is -2.16. The molecular formula is C12H11BrFN3O. The molecule has 18 heavy (non-hydrogen) atoms. The lowest BCUT2D eigenvalue weighted by atomic mass is 10.2. The van der Waals surface area contributed by atoms with Crippen molar-refractivity contribution < 1.29 is 9.18 Å². The molecule has 0 spiro atoms. The maximum Gasteiger partial charge on any atom is 0.275 e. The van der Waals surface area contributed by atoms with Crippen molar-refractivity contribution >= 4 is 27.5 Å². The molecule has 0 bridgehead atoms. The Balaban J connectivity index is 2.24. The highest BCUT2D eigenvalue weighted by atomic mass is 79.9. The first-order valence-electron chi connectivity index (χ1n) is 5.24. The number of nitrogens with one attached hydrogen (secondary N) is 1. The summed E-state index contributed by atoms with van der Waals surface area (Å²) in [5, 5.41) is 6.57. The van der Waals surface area contributed by atoms with E-state index in [2.05, 4.69) is 26.3 Å². The number of carbonyl (C=O) groups excluding carboxylic acids is 1. The van der Waals surface area contributed by atoms with Gasteiger partial charge in [0.25, 0.3) is 5.91 Å². The van der Waals surface area contributed by atoms with Crippen molar-refractivity contribution in [3.8, 4) is 0 Å². The summed E-state index contributed by atoms with van der Waals surface area (Å²) >= 11 is 3.24. The lowest BCUT2D eigenvalue weighted by molar-refractivity contribution is 0.101. The smallest absolute Gasteiger partial charge is 0.275 e. The van der Waals surface area contributed by atoms with Crippen molar-refractivity contribution in [2.45, 2.75) is 6.92 Å². The van der Waals surface area contributed by atoms with Crippen molar-refractivity contribution in [2.75, 3.05) is 5.32 Å². The van der Waals surface area contributed by atoms with Crippen LogP contribution in [-0.2, 0) is 7.05 Å². The maximum absolute atomic E-state index is 13.4. The Morgan fingerprint density at radius 3 is 2.78 bits per heavy atom. The Labute approximate surface area is 112 Å². The zero-order chi connectivity index (χ0) is 13.3. The summed E-state index contributed by atoms with van der Waals surface area (Å²) in [5.74, 6) is -0.693. The van der Waals surface area contributed by atoms with Crippen LogP contribution in [0.1, 0.15) is 16.1 Å². The van der Waals surface area contributed by atoms with E-state index < -0.39 is 0 Å². The Hall–Kier alpha value is -1.69. The largest absolute Gasteiger partial charge is 0.321 e. The second kappa shape index (κ2) is 4.89. The van der Waals surface area contributed by atoms with Gasteiger partial charge in [-0.15, -0.1) is 0 Å². The SMILES string of the molecule is Cc1ccc(NC(=O)c2c(Br)cnn2C)cc1F. The lowest BCUT2D eigenvalue weighted by Gasteiger charge is -2.07. The fraction of sp³-hybridized carbons (Fsp3) is 0.167. The summed E-state index contributed by atoms with van der Waals surface area (Å²) in [5.41, 5.74) is 1.34. The van der Waals surface area contributed by atoms with Crippen LogP contribution in [0.4, 0.5) is 10.1 Å². The molecule has 4 nitrogen and oxygen atoms in total. The fourth-order valence-electron chi connectivity index (χ4n) is 1.53. The summed E-state index contributed by atoms with van der Waals surface area (Å²) in [7, 11) is 1.66. The Bertz CT molecular complexity index is 590. The minimum atomic E-state index is -0.350. The Morgan fingerprint density at radius 1 is 1.50 bits per heavy atom. The molecule has 0 radical (unpaired) electrons. The number of rotatable bonds is 2. The number of benzene rings is 1. The molecule has 0 aliphatic heterocycles. The van der Waals surface area contributed by atoms with Crippen LogP contribution in [0.3, 0.4) is 0 Å². The Kier molecular flexibility index (Phi) is 3.47. The first-order chi connectivity index (χ1) is 8.49.